The minimum atomic E-state index is -0.358. The van der Waals surface area contributed by atoms with Crippen LogP contribution in [0.5, 0.6) is 5.75 Å². The number of hydrogen-bond donors (Lipinski definition) is 0. The summed E-state index contributed by atoms with van der Waals surface area (Å²) in [5, 5.41) is 0. The van der Waals surface area contributed by atoms with Gasteiger partial charge in [-0.1, -0.05) is 18.2 Å². The Morgan fingerprint density at radius 2 is 1.83 bits per heavy atom. The number of rotatable bonds is 4. The van der Waals surface area contributed by atoms with E-state index < -0.39 is 0 Å². The summed E-state index contributed by atoms with van der Waals surface area (Å²) in [4.78, 5) is 28.9. The first-order valence-electron chi connectivity index (χ1n) is 8.59. The highest BCUT2D eigenvalue weighted by Crippen LogP contribution is 2.20. The van der Waals surface area contributed by atoms with Gasteiger partial charge in [0.15, 0.2) is 6.61 Å². The van der Waals surface area contributed by atoms with Crippen molar-refractivity contribution < 1.29 is 19.1 Å². The van der Waals surface area contributed by atoms with Crippen molar-refractivity contribution in [3.8, 4) is 5.75 Å². The Labute approximate surface area is 142 Å². The molecule has 2 heterocycles. The quantitative estimate of drug-likeness (QED) is 0.834. The summed E-state index contributed by atoms with van der Waals surface area (Å²) < 4.78 is 10.9. The highest BCUT2D eigenvalue weighted by atomic mass is 16.5. The summed E-state index contributed by atoms with van der Waals surface area (Å²) in [5.74, 6) is 0.593. The average Bonchev–Trinajstić information content (AvgIpc) is 2.67. The SMILES string of the molecule is O=C(C1CCCCN1C(=O)COc1ccccc1)N1CCOCC1. The third-order valence-corrected chi connectivity index (χ3v) is 4.54. The lowest BCUT2D eigenvalue weighted by atomic mass is 10.0. The number of piperidine rings is 1. The third-order valence-electron chi connectivity index (χ3n) is 4.54. The number of likely N-dealkylation sites (tertiary alicyclic amines) is 1. The molecule has 1 unspecified atom stereocenters. The summed E-state index contributed by atoms with van der Waals surface area (Å²) in [6.45, 7) is 2.96. The van der Waals surface area contributed by atoms with Crippen molar-refractivity contribution in [2.24, 2.45) is 0 Å². The summed E-state index contributed by atoms with van der Waals surface area (Å²) in [6.07, 6.45) is 2.64. The lowest BCUT2D eigenvalue weighted by Crippen LogP contribution is -2.55. The Bertz CT molecular complexity index is 557. The average molecular weight is 332 g/mol. The lowest BCUT2D eigenvalue weighted by Gasteiger charge is -2.38. The van der Waals surface area contributed by atoms with Gasteiger partial charge in [-0.2, -0.15) is 0 Å². The van der Waals surface area contributed by atoms with E-state index in [0.717, 1.165) is 19.3 Å². The molecule has 24 heavy (non-hydrogen) atoms. The van der Waals surface area contributed by atoms with Crippen LogP contribution in [0.4, 0.5) is 0 Å². The van der Waals surface area contributed by atoms with Gasteiger partial charge in [0.2, 0.25) is 5.91 Å². The van der Waals surface area contributed by atoms with Crippen molar-refractivity contribution in [3.05, 3.63) is 30.3 Å². The molecule has 2 aliphatic rings. The molecule has 2 aliphatic heterocycles. The van der Waals surface area contributed by atoms with E-state index >= 15 is 0 Å². The fourth-order valence-corrected chi connectivity index (χ4v) is 3.23. The van der Waals surface area contributed by atoms with Gasteiger partial charge in [0.1, 0.15) is 11.8 Å². The van der Waals surface area contributed by atoms with Gasteiger partial charge in [-0.05, 0) is 31.4 Å². The maximum atomic E-state index is 12.8. The zero-order chi connectivity index (χ0) is 16.8. The number of benzene rings is 1. The van der Waals surface area contributed by atoms with Crippen LogP contribution in [0.2, 0.25) is 0 Å². The fraction of sp³-hybridized carbons (Fsp3) is 0.556. The monoisotopic (exact) mass is 332 g/mol. The molecule has 2 amide bonds. The van der Waals surface area contributed by atoms with Crippen LogP contribution in [0.15, 0.2) is 30.3 Å². The van der Waals surface area contributed by atoms with E-state index in [1.54, 1.807) is 4.90 Å². The molecule has 1 aromatic carbocycles. The number of amides is 2. The summed E-state index contributed by atoms with van der Waals surface area (Å²) in [5.41, 5.74) is 0. The van der Waals surface area contributed by atoms with Crippen molar-refractivity contribution in [2.75, 3.05) is 39.5 Å². The number of morpholine rings is 1. The molecule has 0 radical (unpaired) electrons. The maximum Gasteiger partial charge on any atom is 0.261 e. The molecule has 6 nitrogen and oxygen atoms in total. The zero-order valence-electron chi connectivity index (χ0n) is 13.9. The predicted octanol–water partition coefficient (Wildman–Crippen LogP) is 1.31. The molecule has 2 fully saturated rings. The fourth-order valence-electron chi connectivity index (χ4n) is 3.23. The molecule has 3 rings (SSSR count). The van der Waals surface area contributed by atoms with Crippen molar-refractivity contribution in [3.63, 3.8) is 0 Å². The van der Waals surface area contributed by atoms with Crippen molar-refractivity contribution in [2.45, 2.75) is 25.3 Å². The van der Waals surface area contributed by atoms with Crippen molar-refractivity contribution >= 4 is 11.8 Å². The molecular weight excluding hydrogens is 308 g/mol. The van der Waals surface area contributed by atoms with Gasteiger partial charge in [0.05, 0.1) is 13.2 Å². The largest absolute Gasteiger partial charge is 0.484 e. The number of carbonyl (C=O) groups is 2. The van der Waals surface area contributed by atoms with Gasteiger partial charge in [0.25, 0.3) is 5.91 Å². The van der Waals surface area contributed by atoms with E-state index in [4.69, 9.17) is 9.47 Å². The number of hydrogen-bond acceptors (Lipinski definition) is 4. The Hall–Kier alpha value is -2.08. The highest BCUT2D eigenvalue weighted by molar-refractivity contribution is 5.88. The molecule has 1 atom stereocenters. The van der Waals surface area contributed by atoms with Crippen LogP contribution in [0.1, 0.15) is 19.3 Å². The number of ether oxygens (including phenoxy) is 2. The highest BCUT2D eigenvalue weighted by Gasteiger charge is 2.35. The van der Waals surface area contributed by atoms with E-state index in [1.807, 2.05) is 35.2 Å². The smallest absolute Gasteiger partial charge is 0.261 e. The van der Waals surface area contributed by atoms with Gasteiger partial charge in [-0.25, -0.2) is 0 Å². The Kier molecular flexibility index (Phi) is 5.69. The molecule has 0 aromatic heterocycles. The second-order valence-corrected chi connectivity index (χ2v) is 6.14. The zero-order valence-corrected chi connectivity index (χ0v) is 13.9. The summed E-state index contributed by atoms with van der Waals surface area (Å²) in [7, 11) is 0. The van der Waals surface area contributed by atoms with Gasteiger partial charge < -0.3 is 19.3 Å². The molecular formula is C18H24N2O4. The van der Waals surface area contributed by atoms with Gasteiger partial charge in [-0.15, -0.1) is 0 Å². The van der Waals surface area contributed by atoms with Gasteiger partial charge >= 0.3 is 0 Å². The lowest BCUT2D eigenvalue weighted by molar-refractivity contribution is -0.151. The first-order valence-corrected chi connectivity index (χ1v) is 8.59. The van der Waals surface area contributed by atoms with Crippen molar-refractivity contribution in [1.82, 2.24) is 9.80 Å². The Morgan fingerprint density at radius 1 is 1.08 bits per heavy atom. The van der Waals surface area contributed by atoms with Gasteiger partial charge in [-0.3, -0.25) is 9.59 Å². The van der Waals surface area contributed by atoms with E-state index in [0.29, 0.717) is 38.6 Å². The van der Waals surface area contributed by atoms with Crippen LogP contribution in [0, 0.1) is 0 Å². The normalized spacial score (nSPS) is 21.4. The molecule has 0 saturated carbocycles. The summed E-state index contributed by atoms with van der Waals surface area (Å²) >= 11 is 0. The standard InChI is InChI=1S/C18H24N2O4/c21-17(14-24-15-6-2-1-3-7-15)20-9-5-4-8-16(20)18(22)19-10-12-23-13-11-19/h1-3,6-7,16H,4-5,8-14H2. The van der Waals surface area contributed by atoms with Crippen LogP contribution in [0.25, 0.3) is 0 Å². The van der Waals surface area contributed by atoms with Gasteiger partial charge in [0, 0.05) is 19.6 Å². The second kappa shape index (κ2) is 8.15. The maximum absolute atomic E-state index is 12.8. The molecule has 0 aliphatic carbocycles. The predicted molar refractivity (Wildman–Crippen MR) is 88.7 cm³/mol. The third kappa shape index (κ3) is 4.06. The molecule has 2 saturated heterocycles. The first-order chi connectivity index (χ1) is 11.8. The van der Waals surface area contributed by atoms with Crippen LogP contribution in [-0.2, 0) is 14.3 Å². The molecule has 6 heteroatoms. The minimum absolute atomic E-state index is 0.0308. The molecule has 1 aromatic rings. The molecule has 130 valence electrons. The van der Waals surface area contributed by atoms with Crippen LogP contribution in [0.3, 0.4) is 0 Å². The van der Waals surface area contributed by atoms with E-state index in [-0.39, 0.29) is 24.5 Å². The summed E-state index contributed by atoms with van der Waals surface area (Å²) in [6, 6.07) is 8.91. The van der Waals surface area contributed by atoms with E-state index in [1.165, 1.54) is 0 Å². The number of nitrogens with zero attached hydrogens (tertiary/aromatic N) is 2. The van der Waals surface area contributed by atoms with E-state index in [2.05, 4.69) is 0 Å². The topological polar surface area (TPSA) is 59.1 Å². The number of para-hydroxylation sites is 1. The number of carbonyl (C=O) groups excluding carboxylic acids is 2. The van der Waals surface area contributed by atoms with Crippen LogP contribution < -0.4 is 4.74 Å². The Morgan fingerprint density at radius 3 is 2.58 bits per heavy atom. The minimum Gasteiger partial charge on any atom is -0.484 e. The van der Waals surface area contributed by atoms with Crippen LogP contribution >= 0.6 is 0 Å². The van der Waals surface area contributed by atoms with Crippen LogP contribution in [-0.4, -0.2) is 67.1 Å². The molecule has 0 N–H and O–H groups in total. The Balaban J connectivity index is 1.60. The molecule has 0 bridgehead atoms. The second-order valence-electron chi connectivity index (χ2n) is 6.14. The van der Waals surface area contributed by atoms with E-state index in [9.17, 15) is 9.59 Å². The van der Waals surface area contributed by atoms with Crippen molar-refractivity contribution in [1.29, 1.82) is 0 Å². The molecule has 0 spiro atoms. The first kappa shape index (κ1) is 16.8.